The number of benzene rings is 1. The molecular weight excluding hydrogens is 201 g/mol. The van der Waals surface area contributed by atoms with E-state index >= 15 is 0 Å². The zero-order valence-corrected chi connectivity index (χ0v) is 8.54. The average Bonchev–Trinajstić information content (AvgIpc) is 2.62. The molecule has 15 heavy (non-hydrogen) atoms. The van der Waals surface area contributed by atoms with Crippen LogP contribution in [0, 0.1) is 5.82 Å². The van der Waals surface area contributed by atoms with Crippen molar-refractivity contribution in [1.82, 2.24) is 0 Å². The predicted molar refractivity (Wildman–Crippen MR) is 51.7 cm³/mol. The van der Waals surface area contributed by atoms with Gasteiger partial charge in [-0.2, -0.15) is 0 Å². The zero-order chi connectivity index (χ0) is 11.0. The first-order valence-corrected chi connectivity index (χ1v) is 4.56. The van der Waals surface area contributed by atoms with E-state index in [4.69, 9.17) is 19.9 Å². The summed E-state index contributed by atoms with van der Waals surface area (Å²) in [6.07, 6.45) is 0. The minimum absolute atomic E-state index is 0.0850. The van der Waals surface area contributed by atoms with Gasteiger partial charge in [-0.1, -0.05) is 0 Å². The third-order valence-electron chi connectivity index (χ3n) is 2.26. The molecule has 4 nitrogen and oxygen atoms in total. The molecule has 5 heteroatoms. The summed E-state index contributed by atoms with van der Waals surface area (Å²) < 4.78 is 28.9. The van der Waals surface area contributed by atoms with Crippen LogP contribution in [0.1, 0.15) is 18.5 Å². The van der Waals surface area contributed by atoms with Gasteiger partial charge in [-0.3, -0.25) is 0 Å². The maximum Gasteiger partial charge on any atom is 0.231 e. The highest BCUT2D eigenvalue weighted by molar-refractivity contribution is 5.57. The average molecular weight is 213 g/mol. The molecule has 1 aromatic rings. The molecule has 0 fully saturated rings. The molecule has 0 aliphatic carbocycles. The van der Waals surface area contributed by atoms with Crippen LogP contribution in [0.3, 0.4) is 0 Å². The summed E-state index contributed by atoms with van der Waals surface area (Å²) in [4.78, 5) is 0. The number of halogens is 1. The van der Waals surface area contributed by atoms with E-state index in [1.165, 1.54) is 13.2 Å². The van der Waals surface area contributed by atoms with Crippen molar-refractivity contribution in [2.24, 2.45) is 5.73 Å². The highest BCUT2D eigenvalue weighted by Crippen LogP contribution is 2.44. The minimum Gasteiger partial charge on any atom is -0.493 e. The molecule has 1 aliphatic heterocycles. The Morgan fingerprint density at radius 1 is 1.53 bits per heavy atom. The zero-order valence-electron chi connectivity index (χ0n) is 8.54. The molecule has 1 heterocycles. The lowest BCUT2D eigenvalue weighted by Crippen LogP contribution is -2.09. The van der Waals surface area contributed by atoms with Gasteiger partial charge in [0.05, 0.1) is 12.7 Å². The molecule has 0 aromatic heterocycles. The standard InChI is InChI=1S/C10H12FNO3/c1-5(12)8-9(13-2)6(11)3-7-10(8)15-4-14-7/h3,5H,4,12H2,1-2H3. The van der Waals surface area contributed by atoms with E-state index in [1.807, 2.05) is 0 Å². The van der Waals surface area contributed by atoms with Crippen LogP contribution >= 0.6 is 0 Å². The number of nitrogens with two attached hydrogens (primary N) is 1. The molecule has 0 radical (unpaired) electrons. The van der Waals surface area contributed by atoms with Crippen LogP contribution in [0.25, 0.3) is 0 Å². The van der Waals surface area contributed by atoms with E-state index in [2.05, 4.69) is 0 Å². The van der Waals surface area contributed by atoms with Gasteiger partial charge in [0.2, 0.25) is 6.79 Å². The Hall–Kier alpha value is -1.49. The fourth-order valence-corrected chi connectivity index (χ4v) is 1.64. The van der Waals surface area contributed by atoms with Gasteiger partial charge in [0.25, 0.3) is 0 Å². The van der Waals surface area contributed by atoms with Gasteiger partial charge in [-0.05, 0) is 6.92 Å². The largest absolute Gasteiger partial charge is 0.493 e. The number of hydrogen-bond acceptors (Lipinski definition) is 4. The van der Waals surface area contributed by atoms with E-state index < -0.39 is 5.82 Å². The lowest BCUT2D eigenvalue weighted by atomic mass is 10.1. The Labute approximate surface area is 86.7 Å². The summed E-state index contributed by atoms with van der Waals surface area (Å²) in [6.45, 7) is 1.82. The van der Waals surface area contributed by atoms with Crippen molar-refractivity contribution >= 4 is 0 Å². The van der Waals surface area contributed by atoms with Crippen molar-refractivity contribution in [3.05, 3.63) is 17.4 Å². The fraction of sp³-hybridized carbons (Fsp3) is 0.400. The molecule has 1 aromatic carbocycles. The maximum atomic E-state index is 13.5. The minimum atomic E-state index is -0.492. The second-order valence-corrected chi connectivity index (χ2v) is 3.33. The third-order valence-corrected chi connectivity index (χ3v) is 2.26. The molecule has 0 spiro atoms. The molecule has 0 saturated carbocycles. The Bertz CT molecular complexity index is 389. The van der Waals surface area contributed by atoms with Crippen molar-refractivity contribution in [3.8, 4) is 17.2 Å². The molecular formula is C10H12FNO3. The number of fused-ring (bicyclic) bond motifs is 1. The van der Waals surface area contributed by atoms with Gasteiger partial charge < -0.3 is 19.9 Å². The second kappa shape index (κ2) is 3.58. The van der Waals surface area contributed by atoms with Crippen LogP contribution in [0.4, 0.5) is 4.39 Å². The van der Waals surface area contributed by atoms with Crippen molar-refractivity contribution in [2.75, 3.05) is 13.9 Å². The summed E-state index contributed by atoms with van der Waals surface area (Å²) in [6, 6.07) is 0.860. The summed E-state index contributed by atoms with van der Waals surface area (Å²) in [5.74, 6) is 0.479. The molecule has 2 N–H and O–H groups in total. The summed E-state index contributed by atoms with van der Waals surface area (Å²) >= 11 is 0. The first-order chi connectivity index (χ1) is 7.15. The lowest BCUT2D eigenvalue weighted by molar-refractivity contribution is 0.173. The van der Waals surface area contributed by atoms with Gasteiger partial charge in [0.15, 0.2) is 23.1 Å². The van der Waals surface area contributed by atoms with E-state index in [0.29, 0.717) is 17.1 Å². The molecule has 2 rings (SSSR count). The molecule has 1 aliphatic rings. The number of rotatable bonds is 2. The molecule has 1 unspecified atom stereocenters. The Balaban J connectivity index is 2.66. The number of ether oxygens (including phenoxy) is 3. The predicted octanol–water partition coefficient (Wildman–Crippen LogP) is 1.58. The normalized spacial score (nSPS) is 15.2. The molecule has 0 saturated heterocycles. The molecule has 0 bridgehead atoms. The monoisotopic (exact) mass is 213 g/mol. The van der Waals surface area contributed by atoms with E-state index in [-0.39, 0.29) is 18.6 Å². The summed E-state index contributed by atoms with van der Waals surface area (Å²) in [5, 5.41) is 0. The smallest absolute Gasteiger partial charge is 0.231 e. The van der Waals surface area contributed by atoms with Crippen LogP contribution in [-0.2, 0) is 0 Å². The van der Waals surface area contributed by atoms with Crippen molar-refractivity contribution in [2.45, 2.75) is 13.0 Å². The molecule has 0 amide bonds. The topological polar surface area (TPSA) is 53.7 Å². The van der Waals surface area contributed by atoms with Gasteiger partial charge in [-0.15, -0.1) is 0 Å². The van der Waals surface area contributed by atoms with Gasteiger partial charge >= 0.3 is 0 Å². The highest BCUT2D eigenvalue weighted by Gasteiger charge is 2.27. The van der Waals surface area contributed by atoms with Crippen LogP contribution in [-0.4, -0.2) is 13.9 Å². The van der Waals surface area contributed by atoms with Crippen LogP contribution < -0.4 is 19.9 Å². The van der Waals surface area contributed by atoms with E-state index in [1.54, 1.807) is 6.92 Å². The quantitative estimate of drug-likeness (QED) is 0.810. The van der Waals surface area contributed by atoms with Crippen LogP contribution in [0.2, 0.25) is 0 Å². The first kappa shape index (κ1) is 10.0. The Kier molecular flexibility index (Phi) is 2.40. The number of methoxy groups -OCH3 is 1. The van der Waals surface area contributed by atoms with Gasteiger partial charge in [0, 0.05) is 12.1 Å². The fourth-order valence-electron chi connectivity index (χ4n) is 1.64. The lowest BCUT2D eigenvalue weighted by Gasteiger charge is -2.14. The Morgan fingerprint density at radius 2 is 2.27 bits per heavy atom. The third kappa shape index (κ3) is 1.48. The van der Waals surface area contributed by atoms with Crippen molar-refractivity contribution in [1.29, 1.82) is 0 Å². The molecule has 82 valence electrons. The molecule has 1 atom stereocenters. The first-order valence-electron chi connectivity index (χ1n) is 4.56. The van der Waals surface area contributed by atoms with Gasteiger partial charge in [0.1, 0.15) is 0 Å². The second-order valence-electron chi connectivity index (χ2n) is 3.33. The summed E-state index contributed by atoms with van der Waals surface area (Å²) in [7, 11) is 1.40. The Morgan fingerprint density at radius 3 is 2.87 bits per heavy atom. The maximum absolute atomic E-state index is 13.5. The van der Waals surface area contributed by atoms with E-state index in [9.17, 15) is 4.39 Å². The van der Waals surface area contributed by atoms with Crippen LogP contribution in [0.15, 0.2) is 6.07 Å². The highest BCUT2D eigenvalue weighted by atomic mass is 19.1. The van der Waals surface area contributed by atoms with Crippen LogP contribution in [0.5, 0.6) is 17.2 Å². The van der Waals surface area contributed by atoms with Crippen molar-refractivity contribution < 1.29 is 18.6 Å². The SMILES string of the molecule is COc1c(F)cc2c(c1C(C)N)OCO2. The van der Waals surface area contributed by atoms with E-state index in [0.717, 1.165) is 0 Å². The van der Waals surface area contributed by atoms with Gasteiger partial charge in [-0.25, -0.2) is 4.39 Å². The summed E-state index contributed by atoms with van der Waals surface area (Å²) in [5.41, 5.74) is 6.25. The number of hydrogen-bond donors (Lipinski definition) is 1. The van der Waals surface area contributed by atoms with Crippen molar-refractivity contribution in [3.63, 3.8) is 0 Å².